The molecule has 0 bridgehead atoms. The van der Waals surface area contributed by atoms with Crippen molar-refractivity contribution >= 4 is 27.5 Å². The molecule has 0 aromatic heterocycles. The third-order valence-electron chi connectivity index (χ3n) is 2.96. The van der Waals surface area contributed by atoms with E-state index in [0.717, 1.165) is 19.3 Å². The highest BCUT2D eigenvalue weighted by Crippen LogP contribution is 2.26. The quantitative estimate of drug-likeness (QED) is 0.668. The van der Waals surface area contributed by atoms with E-state index in [-0.39, 0.29) is 22.4 Å². The number of unbranched alkanes of at least 4 members (excludes halogenated alkanes) is 2. The average molecular weight is 349 g/mol. The highest BCUT2D eigenvalue weighted by Gasteiger charge is 2.17. The number of halogens is 1. The first-order valence-corrected chi connectivity index (χ1v) is 8.86. The van der Waals surface area contributed by atoms with Crippen LogP contribution in [0.15, 0.2) is 23.1 Å². The van der Waals surface area contributed by atoms with Crippen LogP contribution in [0.5, 0.6) is 5.75 Å². The Bertz CT molecular complexity index is 605. The van der Waals surface area contributed by atoms with Crippen LogP contribution in [0.25, 0.3) is 0 Å². The van der Waals surface area contributed by atoms with Gasteiger partial charge in [-0.1, -0.05) is 31.4 Å². The van der Waals surface area contributed by atoms with E-state index in [9.17, 15) is 13.2 Å². The molecule has 1 aromatic rings. The van der Waals surface area contributed by atoms with Crippen LogP contribution in [0.4, 0.5) is 0 Å². The molecule has 0 aliphatic rings. The summed E-state index contributed by atoms with van der Waals surface area (Å²) in [6.07, 6.45) is 2.96. The second kappa shape index (κ2) is 8.97. The Balaban J connectivity index is 2.57. The number of sulfonamides is 1. The van der Waals surface area contributed by atoms with E-state index < -0.39 is 10.0 Å². The lowest BCUT2D eigenvalue weighted by molar-refractivity contribution is -0.119. The van der Waals surface area contributed by atoms with Gasteiger partial charge >= 0.3 is 0 Å². The lowest BCUT2D eigenvalue weighted by atomic mass is 10.2. The van der Waals surface area contributed by atoms with Gasteiger partial charge in [0.25, 0.3) is 0 Å². The van der Waals surface area contributed by atoms with Gasteiger partial charge < -0.3 is 10.1 Å². The van der Waals surface area contributed by atoms with Gasteiger partial charge in [0.2, 0.25) is 15.9 Å². The highest BCUT2D eigenvalue weighted by molar-refractivity contribution is 7.89. The second-order valence-electron chi connectivity index (χ2n) is 4.68. The molecule has 0 unspecified atom stereocenters. The van der Waals surface area contributed by atoms with Crippen LogP contribution < -0.4 is 14.8 Å². The van der Waals surface area contributed by atoms with E-state index in [1.54, 1.807) is 0 Å². The van der Waals surface area contributed by atoms with E-state index in [0.29, 0.717) is 12.3 Å². The summed E-state index contributed by atoms with van der Waals surface area (Å²) < 4.78 is 31.4. The molecular formula is C14H21ClN2O4S. The zero-order valence-corrected chi connectivity index (χ0v) is 14.3. The third kappa shape index (κ3) is 5.82. The van der Waals surface area contributed by atoms with E-state index in [4.69, 9.17) is 16.3 Å². The van der Waals surface area contributed by atoms with Crippen molar-refractivity contribution < 1.29 is 17.9 Å². The van der Waals surface area contributed by atoms with Crippen LogP contribution in [-0.4, -0.2) is 34.5 Å². The molecule has 1 aromatic carbocycles. The highest BCUT2D eigenvalue weighted by atomic mass is 35.5. The SMILES string of the molecule is CCCCCNC(=O)CNS(=O)(=O)c1ccc(OC)c(Cl)c1. The van der Waals surface area contributed by atoms with Crippen molar-refractivity contribution in [3.63, 3.8) is 0 Å². The number of amides is 1. The van der Waals surface area contributed by atoms with Crippen LogP contribution in [0.1, 0.15) is 26.2 Å². The molecule has 124 valence electrons. The maximum atomic E-state index is 12.1. The Kier molecular flexibility index (Phi) is 7.64. The normalized spacial score (nSPS) is 11.2. The predicted molar refractivity (Wildman–Crippen MR) is 85.7 cm³/mol. The number of hydrogen-bond donors (Lipinski definition) is 2. The first kappa shape index (κ1) is 18.7. The van der Waals surface area contributed by atoms with Crippen molar-refractivity contribution in [2.45, 2.75) is 31.1 Å². The summed E-state index contributed by atoms with van der Waals surface area (Å²) in [7, 11) is -2.35. The number of methoxy groups -OCH3 is 1. The Hall–Kier alpha value is -1.31. The monoisotopic (exact) mass is 348 g/mol. The summed E-state index contributed by atoms with van der Waals surface area (Å²) in [6, 6.07) is 4.11. The largest absolute Gasteiger partial charge is 0.495 e. The smallest absolute Gasteiger partial charge is 0.241 e. The van der Waals surface area contributed by atoms with Gasteiger partial charge in [-0.25, -0.2) is 13.1 Å². The fourth-order valence-electron chi connectivity index (χ4n) is 1.72. The molecule has 0 saturated carbocycles. The first-order valence-electron chi connectivity index (χ1n) is 7.00. The van der Waals surface area contributed by atoms with Crippen molar-refractivity contribution in [3.05, 3.63) is 23.2 Å². The van der Waals surface area contributed by atoms with Gasteiger partial charge in [0, 0.05) is 6.54 Å². The lowest BCUT2D eigenvalue weighted by Crippen LogP contribution is -2.37. The molecule has 0 saturated heterocycles. The van der Waals surface area contributed by atoms with Crippen LogP contribution in [0.2, 0.25) is 5.02 Å². The number of hydrogen-bond acceptors (Lipinski definition) is 4. The number of rotatable bonds is 9. The molecule has 0 aliphatic carbocycles. The number of carbonyl (C=O) groups is 1. The molecule has 8 heteroatoms. The molecule has 2 N–H and O–H groups in total. The zero-order chi connectivity index (χ0) is 16.6. The Labute approximate surface area is 136 Å². The van der Waals surface area contributed by atoms with Crippen LogP contribution in [0, 0.1) is 0 Å². The summed E-state index contributed by atoms with van der Waals surface area (Å²) in [5.74, 6) is 0.0218. The molecule has 0 heterocycles. The molecule has 0 atom stereocenters. The van der Waals surface area contributed by atoms with Gasteiger partial charge in [0.05, 0.1) is 23.6 Å². The number of carbonyl (C=O) groups excluding carboxylic acids is 1. The predicted octanol–water partition coefficient (Wildman–Crippen LogP) is 1.93. The minimum absolute atomic E-state index is 0.0166. The van der Waals surface area contributed by atoms with E-state index in [1.807, 2.05) is 0 Å². The van der Waals surface area contributed by atoms with Crippen molar-refractivity contribution in [1.82, 2.24) is 10.0 Å². The van der Waals surface area contributed by atoms with Crippen molar-refractivity contribution in [1.29, 1.82) is 0 Å². The lowest BCUT2D eigenvalue weighted by Gasteiger charge is -2.09. The molecule has 1 amide bonds. The summed E-state index contributed by atoms with van der Waals surface area (Å²) in [5.41, 5.74) is 0. The number of benzene rings is 1. The number of nitrogens with one attached hydrogen (secondary N) is 2. The second-order valence-corrected chi connectivity index (χ2v) is 6.85. The molecule has 1 rings (SSSR count). The van der Waals surface area contributed by atoms with E-state index >= 15 is 0 Å². The minimum atomic E-state index is -3.79. The van der Waals surface area contributed by atoms with Gasteiger partial charge in [-0.05, 0) is 24.6 Å². The third-order valence-corrected chi connectivity index (χ3v) is 4.65. The average Bonchev–Trinajstić information content (AvgIpc) is 2.49. The maximum absolute atomic E-state index is 12.1. The van der Waals surface area contributed by atoms with Gasteiger partial charge in [0.15, 0.2) is 0 Å². The molecule has 0 aliphatic heterocycles. The fourth-order valence-corrected chi connectivity index (χ4v) is 3.05. The van der Waals surface area contributed by atoms with Gasteiger partial charge in [-0.3, -0.25) is 4.79 Å². The molecule has 0 radical (unpaired) electrons. The summed E-state index contributed by atoms with van der Waals surface area (Å²) in [4.78, 5) is 11.6. The van der Waals surface area contributed by atoms with E-state index in [1.165, 1.54) is 25.3 Å². The zero-order valence-electron chi connectivity index (χ0n) is 12.7. The van der Waals surface area contributed by atoms with Crippen LogP contribution >= 0.6 is 11.6 Å². The van der Waals surface area contributed by atoms with Gasteiger partial charge in [-0.2, -0.15) is 0 Å². The summed E-state index contributed by atoms with van der Waals surface area (Å²) >= 11 is 5.90. The van der Waals surface area contributed by atoms with Crippen LogP contribution in [0.3, 0.4) is 0 Å². The van der Waals surface area contributed by atoms with Crippen molar-refractivity contribution in [2.75, 3.05) is 20.2 Å². The standard InChI is InChI=1S/C14H21ClN2O4S/c1-3-4-5-8-16-14(18)10-17-22(19,20)11-6-7-13(21-2)12(15)9-11/h6-7,9,17H,3-5,8,10H2,1-2H3,(H,16,18). The molecule has 22 heavy (non-hydrogen) atoms. The van der Waals surface area contributed by atoms with Crippen LogP contribution in [-0.2, 0) is 14.8 Å². The first-order chi connectivity index (χ1) is 10.4. The van der Waals surface area contributed by atoms with Crippen molar-refractivity contribution in [3.8, 4) is 5.75 Å². The molecule has 0 fully saturated rings. The van der Waals surface area contributed by atoms with Gasteiger partial charge in [0.1, 0.15) is 5.75 Å². The Morgan fingerprint density at radius 1 is 1.32 bits per heavy atom. The Morgan fingerprint density at radius 2 is 2.05 bits per heavy atom. The molecule has 6 nitrogen and oxygen atoms in total. The van der Waals surface area contributed by atoms with Gasteiger partial charge in [-0.15, -0.1) is 0 Å². The maximum Gasteiger partial charge on any atom is 0.241 e. The molecular weight excluding hydrogens is 328 g/mol. The minimum Gasteiger partial charge on any atom is -0.495 e. The van der Waals surface area contributed by atoms with E-state index in [2.05, 4.69) is 17.0 Å². The van der Waals surface area contributed by atoms with Crippen molar-refractivity contribution in [2.24, 2.45) is 0 Å². The summed E-state index contributed by atoms with van der Waals surface area (Å²) in [6.45, 7) is 2.30. The fraction of sp³-hybridized carbons (Fsp3) is 0.500. The molecule has 0 spiro atoms. The number of ether oxygens (including phenoxy) is 1. The summed E-state index contributed by atoms with van der Waals surface area (Å²) in [5, 5.41) is 2.85. The Morgan fingerprint density at radius 3 is 2.64 bits per heavy atom. The topological polar surface area (TPSA) is 84.5 Å².